The summed E-state index contributed by atoms with van der Waals surface area (Å²) >= 11 is 1.16. The summed E-state index contributed by atoms with van der Waals surface area (Å²) in [7, 11) is 0. The van der Waals surface area contributed by atoms with Gasteiger partial charge in [-0.25, -0.2) is 9.18 Å². The van der Waals surface area contributed by atoms with Gasteiger partial charge in [0.15, 0.2) is 5.16 Å². The minimum Gasteiger partial charge on any atom is -0.494 e. The number of H-pyrrole nitrogens is 2. The smallest absolute Gasteiger partial charge is 0.325 e. The van der Waals surface area contributed by atoms with E-state index in [1.165, 1.54) is 30.3 Å². The molecule has 12 heteroatoms. The molecule has 3 N–H and O–H groups in total. The van der Waals surface area contributed by atoms with Gasteiger partial charge >= 0.3 is 5.69 Å². The molecule has 0 aliphatic rings. The average Bonchev–Trinajstić information content (AvgIpc) is 3.21. The normalized spacial score (nSPS) is 10.8. The predicted octanol–water partition coefficient (Wildman–Crippen LogP) is 2.50. The molecule has 0 aliphatic heterocycles. The van der Waals surface area contributed by atoms with Crippen molar-refractivity contribution in [2.24, 2.45) is 0 Å². The van der Waals surface area contributed by atoms with E-state index in [9.17, 15) is 18.8 Å². The Morgan fingerprint density at radius 1 is 1.09 bits per heavy atom. The zero-order chi connectivity index (χ0) is 24.8. The van der Waals surface area contributed by atoms with Crippen molar-refractivity contribution in [2.75, 3.05) is 17.7 Å². The number of carbonyl (C=O) groups is 1. The van der Waals surface area contributed by atoms with Crippen molar-refractivity contribution in [3.63, 3.8) is 0 Å². The number of nitrogens with zero attached hydrogens (tertiary/aromatic N) is 3. The molecule has 180 valence electrons. The molecule has 35 heavy (non-hydrogen) atoms. The molecule has 0 spiro atoms. The van der Waals surface area contributed by atoms with E-state index in [0.29, 0.717) is 40.4 Å². The van der Waals surface area contributed by atoms with Crippen LogP contribution in [-0.2, 0) is 11.2 Å². The highest BCUT2D eigenvalue weighted by Gasteiger charge is 2.17. The average molecular weight is 497 g/mol. The quantitative estimate of drug-likeness (QED) is 0.303. The number of rotatable bonds is 9. The summed E-state index contributed by atoms with van der Waals surface area (Å²) in [6.07, 6.45) is 0.127. The highest BCUT2D eigenvalue weighted by molar-refractivity contribution is 7.99. The first-order valence-corrected chi connectivity index (χ1v) is 11.6. The summed E-state index contributed by atoms with van der Waals surface area (Å²) < 4.78 is 20.3. The largest absolute Gasteiger partial charge is 0.494 e. The van der Waals surface area contributed by atoms with Crippen LogP contribution in [0.2, 0.25) is 0 Å². The minimum atomic E-state index is -0.619. The Balaban J connectivity index is 1.59. The lowest BCUT2D eigenvalue weighted by Crippen LogP contribution is -2.23. The number of hydrogen-bond acceptors (Lipinski definition) is 7. The van der Waals surface area contributed by atoms with Crippen LogP contribution in [-0.4, -0.2) is 43.0 Å². The Bertz CT molecular complexity index is 1400. The van der Waals surface area contributed by atoms with Crippen LogP contribution in [0.4, 0.5) is 10.1 Å². The van der Waals surface area contributed by atoms with Gasteiger partial charge in [0.05, 0.1) is 12.4 Å². The molecule has 0 bridgehead atoms. The maximum Gasteiger partial charge on any atom is 0.325 e. The SMILES string of the molecule is CCOc1ccc(-n2c(Cc3cc(=O)[nH]c(=O)[nH]3)nnc2SCC(=O)Nc2ccc(F)cc2)cc1. The summed E-state index contributed by atoms with van der Waals surface area (Å²) in [4.78, 5) is 40.5. The molecule has 1 amide bonds. The van der Waals surface area contributed by atoms with Gasteiger partial charge in [-0.1, -0.05) is 11.8 Å². The lowest BCUT2D eigenvalue weighted by Gasteiger charge is -2.11. The van der Waals surface area contributed by atoms with Gasteiger partial charge in [0.1, 0.15) is 17.4 Å². The Kier molecular flexibility index (Phi) is 7.41. The third-order valence-electron chi connectivity index (χ3n) is 4.73. The van der Waals surface area contributed by atoms with E-state index in [1.807, 2.05) is 19.1 Å². The molecule has 0 radical (unpaired) electrons. The van der Waals surface area contributed by atoms with Crippen LogP contribution in [0.1, 0.15) is 18.4 Å². The molecule has 4 rings (SSSR count). The fourth-order valence-corrected chi connectivity index (χ4v) is 4.04. The van der Waals surface area contributed by atoms with Gasteiger partial charge in [0, 0.05) is 29.6 Å². The van der Waals surface area contributed by atoms with Crippen molar-refractivity contribution in [2.45, 2.75) is 18.5 Å². The van der Waals surface area contributed by atoms with Gasteiger partial charge in [-0.2, -0.15) is 0 Å². The van der Waals surface area contributed by atoms with Crippen LogP contribution < -0.4 is 21.3 Å². The topological polar surface area (TPSA) is 135 Å². The number of hydrogen-bond donors (Lipinski definition) is 3. The summed E-state index contributed by atoms with van der Waals surface area (Å²) in [6, 6.07) is 14.0. The van der Waals surface area contributed by atoms with E-state index in [0.717, 1.165) is 11.8 Å². The molecular formula is C23H21FN6O4S. The summed E-state index contributed by atoms with van der Waals surface area (Å²) in [6.45, 7) is 2.41. The van der Waals surface area contributed by atoms with Crippen LogP contribution in [0, 0.1) is 5.82 Å². The Morgan fingerprint density at radius 2 is 1.83 bits per heavy atom. The van der Waals surface area contributed by atoms with Gasteiger partial charge in [0.2, 0.25) is 5.91 Å². The second kappa shape index (κ2) is 10.8. The summed E-state index contributed by atoms with van der Waals surface area (Å²) in [5.74, 6) is 0.474. The van der Waals surface area contributed by atoms with Gasteiger partial charge < -0.3 is 15.0 Å². The number of thioether (sulfide) groups is 1. The van der Waals surface area contributed by atoms with E-state index < -0.39 is 17.1 Å². The van der Waals surface area contributed by atoms with E-state index in [2.05, 4.69) is 25.5 Å². The fraction of sp³-hybridized carbons (Fsp3) is 0.174. The Hall–Kier alpha value is -4.19. The molecular weight excluding hydrogens is 475 g/mol. The first-order chi connectivity index (χ1) is 16.9. The predicted molar refractivity (Wildman–Crippen MR) is 129 cm³/mol. The van der Waals surface area contributed by atoms with E-state index in [4.69, 9.17) is 4.74 Å². The fourth-order valence-electron chi connectivity index (χ4n) is 3.27. The lowest BCUT2D eigenvalue weighted by molar-refractivity contribution is -0.113. The molecule has 0 saturated carbocycles. The first kappa shape index (κ1) is 24.0. The molecule has 0 fully saturated rings. The van der Waals surface area contributed by atoms with Gasteiger partial charge in [-0.3, -0.25) is 19.1 Å². The minimum absolute atomic E-state index is 0.0222. The highest BCUT2D eigenvalue weighted by Crippen LogP contribution is 2.25. The van der Waals surface area contributed by atoms with Crippen LogP contribution in [0.3, 0.4) is 0 Å². The molecule has 2 aromatic heterocycles. The number of nitrogens with one attached hydrogen (secondary N) is 3. The highest BCUT2D eigenvalue weighted by atomic mass is 32.2. The van der Waals surface area contributed by atoms with Gasteiger partial charge in [-0.15, -0.1) is 10.2 Å². The van der Waals surface area contributed by atoms with Gasteiger partial charge in [0.25, 0.3) is 5.56 Å². The number of aromatic nitrogens is 5. The molecule has 0 unspecified atom stereocenters. The van der Waals surface area contributed by atoms with Crippen LogP contribution in [0.15, 0.2) is 69.3 Å². The number of amides is 1. The molecule has 4 aromatic rings. The second-order valence-corrected chi connectivity index (χ2v) is 8.24. The summed E-state index contributed by atoms with van der Waals surface area (Å²) in [5.41, 5.74) is 0.407. The second-order valence-electron chi connectivity index (χ2n) is 7.29. The van der Waals surface area contributed by atoms with Crippen molar-refractivity contribution >= 4 is 23.4 Å². The van der Waals surface area contributed by atoms with Crippen LogP contribution in [0.25, 0.3) is 5.69 Å². The standard InChI is InChI=1S/C23H21FN6O4S/c1-2-34-18-9-7-17(8-10-18)30-19(11-16-12-20(31)27-22(33)26-16)28-29-23(30)35-13-21(32)25-15-5-3-14(24)4-6-15/h3-10,12H,2,11,13H2,1H3,(H,25,32)(H2,26,27,31,33). The molecule has 10 nitrogen and oxygen atoms in total. The number of halogens is 1. The zero-order valence-corrected chi connectivity index (χ0v) is 19.4. The first-order valence-electron chi connectivity index (χ1n) is 10.6. The Morgan fingerprint density at radius 3 is 2.51 bits per heavy atom. The zero-order valence-electron chi connectivity index (χ0n) is 18.6. The van der Waals surface area contributed by atoms with Crippen LogP contribution in [0.5, 0.6) is 5.75 Å². The number of benzene rings is 2. The van der Waals surface area contributed by atoms with Gasteiger partial charge in [-0.05, 0) is 55.5 Å². The molecule has 2 aromatic carbocycles. The van der Waals surface area contributed by atoms with Crippen LogP contribution >= 0.6 is 11.8 Å². The molecule has 0 atom stereocenters. The Labute approximate surface area is 202 Å². The number of aromatic amines is 2. The van der Waals surface area contributed by atoms with Crippen molar-refractivity contribution < 1.29 is 13.9 Å². The van der Waals surface area contributed by atoms with E-state index in [1.54, 1.807) is 16.7 Å². The molecule has 0 saturated heterocycles. The number of ether oxygens (including phenoxy) is 1. The van der Waals surface area contributed by atoms with Crippen molar-refractivity contribution in [1.29, 1.82) is 0 Å². The monoisotopic (exact) mass is 496 g/mol. The van der Waals surface area contributed by atoms with Crippen molar-refractivity contribution in [3.05, 3.63) is 92.8 Å². The van der Waals surface area contributed by atoms with Crippen molar-refractivity contribution in [3.8, 4) is 11.4 Å². The maximum atomic E-state index is 13.1. The lowest BCUT2D eigenvalue weighted by atomic mass is 10.2. The molecule has 2 heterocycles. The van der Waals surface area contributed by atoms with E-state index >= 15 is 0 Å². The number of carbonyl (C=O) groups excluding carboxylic acids is 1. The third kappa shape index (κ3) is 6.23. The van der Waals surface area contributed by atoms with E-state index in [-0.39, 0.29) is 18.1 Å². The number of anilines is 1. The van der Waals surface area contributed by atoms with Crippen molar-refractivity contribution in [1.82, 2.24) is 24.7 Å². The summed E-state index contributed by atoms with van der Waals surface area (Å²) in [5, 5.41) is 11.6. The maximum absolute atomic E-state index is 13.1. The third-order valence-corrected chi connectivity index (χ3v) is 5.66. The molecule has 0 aliphatic carbocycles.